The first-order chi connectivity index (χ1) is 8.72. The molecule has 2 N–H and O–H groups in total. The normalized spacial score (nSPS) is 22.9. The van der Waals surface area contributed by atoms with E-state index in [1.165, 1.54) is 12.8 Å². The molecule has 0 aromatic heterocycles. The molecule has 0 bridgehead atoms. The Kier molecular flexibility index (Phi) is 4.53. The molecular formula is C14H19NO2S. The van der Waals surface area contributed by atoms with Crippen LogP contribution < -0.4 is 5.32 Å². The number of hydrogen-bond acceptors (Lipinski definition) is 3. The third kappa shape index (κ3) is 2.99. The molecule has 1 aromatic rings. The average Bonchev–Trinajstić information content (AvgIpc) is 2.78. The van der Waals surface area contributed by atoms with E-state index in [1.54, 1.807) is 12.1 Å². The van der Waals surface area contributed by atoms with E-state index >= 15 is 0 Å². The van der Waals surface area contributed by atoms with Crippen LogP contribution in [-0.2, 0) is 0 Å². The molecule has 98 valence electrons. The van der Waals surface area contributed by atoms with E-state index in [9.17, 15) is 4.79 Å². The molecule has 0 heterocycles. The zero-order valence-electron chi connectivity index (χ0n) is 10.6. The molecule has 0 spiro atoms. The summed E-state index contributed by atoms with van der Waals surface area (Å²) in [6.45, 7) is 2.17. The van der Waals surface area contributed by atoms with Gasteiger partial charge in [-0.05, 0) is 30.7 Å². The number of hydrogen-bond donors (Lipinski definition) is 2. The van der Waals surface area contributed by atoms with Crippen molar-refractivity contribution in [3.8, 4) is 0 Å². The molecule has 0 radical (unpaired) electrons. The van der Waals surface area contributed by atoms with Gasteiger partial charge < -0.3 is 10.4 Å². The van der Waals surface area contributed by atoms with Crippen molar-refractivity contribution in [2.75, 3.05) is 11.1 Å². The lowest BCUT2D eigenvalue weighted by Gasteiger charge is -2.22. The zero-order valence-corrected chi connectivity index (χ0v) is 11.4. The van der Waals surface area contributed by atoms with Gasteiger partial charge in [0.1, 0.15) is 0 Å². The Labute approximate surface area is 112 Å². The Morgan fingerprint density at radius 1 is 1.44 bits per heavy atom. The quantitative estimate of drug-likeness (QED) is 0.856. The minimum atomic E-state index is -0.865. The van der Waals surface area contributed by atoms with Crippen LogP contribution in [-0.4, -0.2) is 28.1 Å². The van der Waals surface area contributed by atoms with Gasteiger partial charge >= 0.3 is 5.97 Å². The Morgan fingerprint density at radius 2 is 2.22 bits per heavy atom. The fourth-order valence-electron chi connectivity index (χ4n) is 2.50. The van der Waals surface area contributed by atoms with Crippen LogP contribution >= 0.6 is 11.8 Å². The third-order valence-corrected chi connectivity index (χ3v) is 4.66. The molecule has 1 aliphatic rings. The monoisotopic (exact) mass is 265 g/mol. The molecule has 0 aliphatic heterocycles. The smallest absolute Gasteiger partial charge is 0.337 e. The van der Waals surface area contributed by atoms with E-state index < -0.39 is 5.97 Å². The summed E-state index contributed by atoms with van der Waals surface area (Å²) in [5.74, 6) is 0.250. The van der Waals surface area contributed by atoms with Gasteiger partial charge in [-0.15, -0.1) is 0 Å². The maximum absolute atomic E-state index is 11.2. The summed E-state index contributed by atoms with van der Waals surface area (Å²) in [6.07, 6.45) is 3.58. The van der Waals surface area contributed by atoms with Crippen LogP contribution in [0.25, 0.3) is 0 Å². The van der Waals surface area contributed by atoms with Crippen molar-refractivity contribution < 1.29 is 9.90 Å². The van der Waals surface area contributed by atoms with Gasteiger partial charge in [-0.2, -0.15) is 11.8 Å². The number of carboxylic acids is 1. The average molecular weight is 265 g/mol. The van der Waals surface area contributed by atoms with Crippen molar-refractivity contribution in [3.05, 3.63) is 29.8 Å². The van der Waals surface area contributed by atoms with Crippen LogP contribution in [0.15, 0.2) is 24.3 Å². The molecule has 4 heteroatoms. The molecule has 1 saturated carbocycles. The summed E-state index contributed by atoms with van der Waals surface area (Å²) < 4.78 is 0. The fraction of sp³-hybridized carbons (Fsp3) is 0.500. The minimum Gasteiger partial charge on any atom is -0.478 e. The molecule has 1 aromatic carbocycles. The number of thioether (sulfide) groups is 1. The van der Waals surface area contributed by atoms with Gasteiger partial charge in [0.25, 0.3) is 0 Å². The molecule has 1 aliphatic carbocycles. The van der Waals surface area contributed by atoms with Crippen LogP contribution in [0.3, 0.4) is 0 Å². The van der Waals surface area contributed by atoms with Crippen molar-refractivity contribution in [3.63, 3.8) is 0 Å². The molecule has 0 amide bonds. The van der Waals surface area contributed by atoms with Crippen LogP contribution in [0.2, 0.25) is 0 Å². The zero-order chi connectivity index (χ0) is 13.0. The van der Waals surface area contributed by atoms with Gasteiger partial charge in [0.05, 0.1) is 5.56 Å². The van der Waals surface area contributed by atoms with Crippen LogP contribution in [0, 0.1) is 0 Å². The van der Waals surface area contributed by atoms with Crippen molar-refractivity contribution in [2.24, 2.45) is 0 Å². The minimum absolute atomic E-state index is 0.365. The second-order valence-electron chi connectivity index (χ2n) is 4.53. The van der Waals surface area contributed by atoms with E-state index in [-0.39, 0.29) is 0 Å². The Morgan fingerprint density at radius 3 is 2.94 bits per heavy atom. The number of anilines is 1. The number of carboxylic acid groups (broad SMARTS) is 1. The highest BCUT2D eigenvalue weighted by Gasteiger charge is 2.27. The predicted octanol–water partition coefficient (Wildman–Crippen LogP) is 3.47. The summed E-state index contributed by atoms with van der Waals surface area (Å²) in [6, 6.07) is 7.56. The topological polar surface area (TPSA) is 49.3 Å². The molecule has 2 unspecified atom stereocenters. The maximum Gasteiger partial charge on any atom is 0.337 e. The van der Waals surface area contributed by atoms with Crippen molar-refractivity contribution in [1.82, 2.24) is 0 Å². The van der Waals surface area contributed by atoms with E-state index in [0.29, 0.717) is 16.9 Å². The fourth-order valence-corrected chi connectivity index (χ4v) is 3.70. The Hall–Kier alpha value is -1.16. The lowest BCUT2D eigenvalue weighted by atomic mass is 10.1. The van der Waals surface area contributed by atoms with Crippen LogP contribution in [0.1, 0.15) is 36.5 Å². The molecular weight excluding hydrogens is 246 g/mol. The van der Waals surface area contributed by atoms with Crippen molar-refractivity contribution in [2.45, 2.75) is 37.5 Å². The van der Waals surface area contributed by atoms with Crippen molar-refractivity contribution in [1.29, 1.82) is 0 Å². The Bertz CT molecular complexity index is 422. The number of aromatic carboxylic acids is 1. The molecule has 1 fully saturated rings. The first kappa shape index (κ1) is 13.3. The molecule has 2 rings (SSSR count). The first-order valence-corrected chi connectivity index (χ1v) is 7.47. The van der Waals surface area contributed by atoms with E-state index in [2.05, 4.69) is 12.2 Å². The number of nitrogens with one attached hydrogen (secondary N) is 1. The Balaban J connectivity index is 2.11. The van der Waals surface area contributed by atoms with Crippen LogP contribution in [0.4, 0.5) is 5.69 Å². The SMILES string of the molecule is CCSC1CCCC1Nc1ccccc1C(=O)O. The van der Waals surface area contributed by atoms with Gasteiger partial charge in [0, 0.05) is 17.0 Å². The van der Waals surface area contributed by atoms with Crippen molar-refractivity contribution >= 4 is 23.4 Å². The van der Waals surface area contributed by atoms with Gasteiger partial charge in [-0.3, -0.25) is 0 Å². The number of para-hydroxylation sites is 1. The van der Waals surface area contributed by atoms with Crippen LogP contribution in [0.5, 0.6) is 0 Å². The summed E-state index contributed by atoms with van der Waals surface area (Å²) in [7, 11) is 0. The second kappa shape index (κ2) is 6.14. The number of benzene rings is 1. The highest BCUT2D eigenvalue weighted by molar-refractivity contribution is 7.99. The predicted molar refractivity (Wildman–Crippen MR) is 76.6 cm³/mol. The molecule has 3 nitrogen and oxygen atoms in total. The largest absolute Gasteiger partial charge is 0.478 e. The lowest BCUT2D eigenvalue weighted by Crippen LogP contribution is -2.27. The lowest BCUT2D eigenvalue weighted by molar-refractivity contribution is 0.0698. The number of rotatable bonds is 5. The standard InChI is InChI=1S/C14H19NO2S/c1-2-18-13-9-5-8-12(13)15-11-7-4-3-6-10(11)14(16)17/h3-4,6-7,12-13,15H,2,5,8-9H2,1H3,(H,16,17). The summed E-state index contributed by atoms with van der Waals surface area (Å²) in [5.41, 5.74) is 1.11. The second-order valence-corrected chi connectivity index (χ2v) is 6.04. The van der Waals surface area contributed by atoms with Gasteiger partial charge in [0.2, 0.25) is 0 Å². The number of carbonyl (C=O) groups is 1. The van der Waals surface area contributed by atoms with E-state index in [1.807, 2.05) is 23.9 Å². The van der Waals surface area contributed by atoms with E-state index in [0.717, 1.165) is 17.9 Å². The van der Waals surface area contributed by atoms with Gasteiger partial charge in [-0.1, -0.05) is 25.5 Å². The maximum atomic E-state index is 11.2. The van der Waals surface area contributed by atoms with E-state index in [4.69, 9.17) is 5.11 Å². The first-order valence-electron chi connectivity index (χ1n) is 6.43. The summed E-state index contributed by atoms with van der Waals surface area (Å²) >= 11 is 1.97. The van der Waals surface area contributed by atoms with Gasteiger partial charge in [0.15, 0.2) is 0 Å². The summed E-state index contributed by atoms with van der Waals surface area (Å²) in [5, 5.41) is 13.2. The highest BCUT2D eigenvalue weighted by atomic mass is 32.2. The highest BCUT2D eigenvalue weighted by Crippen LogP contribution is 2.32. The summed E-state index contributed by atoms with van der Waals surface area (Å²) in [4.78, 5) is 11.2. The molecule has 2 atom stereocenters. The molecule has 0 saturated heterocycles. The molecule has 18 heavy (non-hydrogen) atoms. The third-order valence-electron chi connectivity index (χ3n) is 3.33. The van der Waals surface area contributed by atoms with Gasteiger partial charge in [-0.25, -0.2) is 4.79 Å².